The predicted molar refractivity (Wildman–Crippen MR) is 62.8 cm³/mol. The van der Waals surface area contributed by atoms with Crippen molar-refractivity contribution in [3.05, 3.63) is 0 Å². The average Bonchev–Trinajstić information content (AvgIpc) is 2.13. The minimum atomic E-state index is -0.165. The molecule has 0 aromatic rings. The van der Waals surface area contributed by atoms with Gasteiger partial charge in [-0.05, 0) is 18.3 Å². The van der Waals surface area contributed by atoms with Crippen LogP contribution in [0, 0.1) is 10.8 Å². The van der Waals surface area contributed by atoms with Crippen LogP contribution >= 0.6 is 0 Å². The first-order chi connectivity index (χ1) is 6.79. The van der Waals surface area contributed by atoms with Crippen LogP contribution < -0.4 is 0 Å². The van der Waals surface area contributed by atoms with Gasteiger partial charge in [-0.25, -0.2) is 0 Å². The van der Waals surface area contributed by atoms with Crippen molar-refractivity contribution in [2.75, 3.05) is 6.61 Å². The van der Waals surface area contributed by atoms with Gasteiger partial charge < -0.3 is 9.84 Å². The van der Waals surface area contributed by atoms with E-state index in [1.165, 1.54) is 0 Å². The van der Waals surface area contributed by atoms with Gasteiger partial charge in [0.05, 0.1) is 12.2 Å². The number of hydrogen-bond donors (Lipinski definition) is 1. The SMILES string of the molecule is CCC1(C)C(O)CC1OCCC(C)(C)C. The number of aliphatic hydroxyl groups is 1. The number of ether oxygens (including phenoxy) is 1. The van der Waals surface area contributed by atoms with E-state index in [4.69, 9.17) is 4.74 Å². The Bertz CT molecular complexity index is 207. The maximum absolute atomic E-state index is 9.72. The standard InChI is InChI=1S/C13H26O2/c1-6-13(5)10(14)9-11(13)15-8-7-12(2,3)4/h10-11,14H,6-9H2,1-5H3. The van der Waals surface area contributed by atoms with Crippen molar-refractivity contribution < 1.29 is 9.84 Å². The van der Waals surface area contributed by atoms with Crippen LogP contribution in [0.4, 0.5) is 0 Å². The highest BCUT2D eigenvalue weighted by atomic mass is 16.5. The Morgan fingerprint density at radius 2 is 2.00 bits per heavy atom. The van der Waals surface area contributed by atoms with Crippen molar-refractivity contribution in [3.8, 4) is 0 Å². The van der Waals surface area contributed by atoms with Crippen LogP contribution in [0.1, 0.15) is 53.9 Å². The second-order valence-electron chi connectivity index (χ2n) is 6.28. The quantitative estimate of drug-likeness (QED) is 0.779. The number of hydrogen-bond acceptors (Lipinski definition) is 2. The van der Waals surface area contributed by atoms with Crippen LogP contribution in [0.25, 0.3) is 0 Å². The summed E-state index contributed by atoms with van der Waals surface area (Å²) in [6, 6.07) is 0. The summed E-state index contributed by atoms with van der Waals surface area (Å²) < 4.78 is 5.87. The Labute approximate surface area is 94.0 Å². The lowest BCUT2D eigenvalue weighted by Gasteiger charge is -2.50. The van der Waals surface area contributed by atoms with E-state index in [0.29, 0.717) is 5.41 Å². The molecule has 0 radical (unpaired) electrons. The molecule has 0 aromatic carbocycles. The smallest absolute Gasteiger partial charge is 0.0678 e. The molecule has 1 rings (SSSR count). The minimum absolute atomic E-state index is 0.00210. The summed E-state index contributed by atoms with van der Waals surface area (Å²) in [5.41, 5.74) is 0.336. The molecule has 15 heavy (non-hydrogen) atoms. The topological polar surface area (TPSA) is 29.5 Å². The molecular formula is C13H26O2. The van der Waals surface area contributed by atoms with Crippen molar-refractivity contribution >= 4 is 0 Å². The van der Waals surface area contributed by atoms with Gasteiger partial charge in [-0.3, -0.25) is 0 Å². The summed E-state index contributed by atoms with van der Waals surface area (Å²) in [5, 5.41) is 9.72. The molecule has 0 aliphatic heterocycles. The molecule has 2 nitrogen and oxygen atoms in total. The van der Waals surface area contributed by atoms with Crippen molar-refractivity contribution in [1.82, 2.24) is 0 Å². The summed E-state index contributed by atoms with van der Waals surface area (Å²) in [6.45, 7) is 11.8. The molecule has 1 saturated carbocycles. The highest BCUT2D eigenvalue weighted by Crippen LogP contribution is 2.45. The molecular weight excluding hydrogens is 188 g/mol. The van der Waals surface area contributed by atoms with E-state index in [1.54, 1.807) is 0 Å². The van der Waals surface area contributed by atoms with Gasteiger partial charge >= 0.3 is 0 Å². The van der Waals surface area contributed by atoms with Gasteiger partial charge in [0.2, 0.25) is 0 Å². The molecule has 1 aliphatic carbocycles. The van der Waals surface area contributed by atoms with Crippen LogP contribution in [0.3, 0.4) is 0 Å². The molecule has 1 N–H and O–H groups in total. The largest absolute Gasteiger partial charge is 0.392 e. The Balaban J connectivity index is 2.30. The van der Waals surface area contributed by atoms with Gasteiger partial charge in [-0.2, -0.15) is 0 Å². The van der Waals surface area contributed by atoms with E-state index in [9.17, 15) is 5.11 Å². The molecule has 1 aliphatic rings. The Morgan fingerprint density at radius 1 is 1.40 bits per heavy atom. The molecule has 0 saturated heterocycles. The maximum atomic E-state index is 9.72. The van der Waals surface area contributed by atoms with E-state index in [1.807, 2.05) is 0 Å². The molecule has 3 unspecified atom stereocenters. The van der Waals surface area contributed by atoms with Crippen LogP contribution in [0.2, 0.25) is 0 Å². The van der Waals surface area contributed by atoms with Gasteiger partial charge in [0, 0.05) is 18.4 Å². The Hall–Kier alpha value is -0.0800. The molecule has 3 atom stereocenters. The summed E-state index contributed by atoms with van der Waals surface area (Å²) in [6.07, 6.45) is 2.99. The van der Waals surface area contributed by atoms with Crippen LogP contribution in [-0.4, -0.2) is 23.9 Å². The highest BCUT2D eigenvalue weighted by molar-refractivity contribution is 5.00. The van der Waals surface area contributed by atoms with E-state index < -0.39 is 0 Å². The van der Waals surface area contributed by atoms with Crippen LogP contribution in [0.15, 0.2) is 0 Å². The molecule has 0 spiro atoms. The zero-order valence-corrected chi connectivity index (χ0v) is 10.8. The fraction of sp³-hybridized carbons (Fsp3) is 1.00. The summed E-state index contributed by atoms with van der Waals surface area (Å²) >= 11 is 0. The number of aliphatic hydroxyl groups excluding tert-OH is 1. The van der Waals surface area contributed by atoms with E-state index in [2.05, 4.69) is 34.6 Å². The van der Waals surface area contributed by atoms with Gasteiger partial charge in [-0.15, -0.1) is 0 Å². The van der Waals surface area contributed by atoms with Crippen molar-refractivity contribution in [1.29, 1.82) is 0 Å². The summed E-state index contributed by atoms with van der Waals surface area (Å²) in [4.78, 5) is 0. The molecule has 2 heteroatoms. The van der Waals surface area contributed by atoms with E-state index in [0.717, 1.165) is 25.9 Å². The fourth-order valence-electron chi connectivity index (χ4n) is 2.02. The van der Waals surface area contributed by atoms with Crippen molar-refractivity contribution in [2.24, 2.45) is 10.8 Å². The zero-order chi connectivity index (χ0) is 11.7. The molecule has 0 bridgehead atoms. The van der Waals surface area contributed by atoms with Crippen molar-refractivity contribution in [3.63, 3.8) is 0 Å². The number of rotatable bonds is 4. The highest BCUT2D eigenvalue weighted by Gasteiger charge is 2.50. The second-order valence-corrected chi connectivity index (χ2v) is 6.28. The zero-order valence-electron chi connectivity index (χ0n) is 10.8. The van der Waals surface area contributed by atoms with Crippen LogP contribution in [0.5, 0.6) is 0 Å². The van der Waals surface area contributed by atoms with Gasteiger partial charge in [0.15, 0.2) is 0 Å². The molecule has 0 heterocycles. The normalized spacial score (nSPS) is 36.4. The molecule has 90 valence electrons. The van der Waals surface area contributed by atoms with Gasteiger partial charge in [-0.1, -0.05) is 34.6 Å². The second kappa shape index (κ2) is 4.42. The van der Waals surface area contributed by atoms with E-state index >= 15 is 0 Å². The maximum Gasteiger partial charge on any atom is 0.0678 e. The van der Waals surface area contributed by atoms with Gasteiger partial charge in [0.1, 0.15) is 0 Å². The fourth-order valence-corrected chi connectivity index (χ4v) is 2.02. The monoisotopic (exact) mass is 214 g/mol. The summed E-state index contributed by atoms with van der Waals surface area (Å²) in [5.74, 6) is 0. The Kier molecular flexibility index (Phi) is 3.83. The molecule has 0 aromatic heterocycles. The first-order valence-electron chi connectivity index (χ1n) is 6.09. The Morgan fingerprint density at radius 3 is 2.40 bits per heavy atom. The van der Waals surface area contributed by atoms with Gasteiger partial charge in [0.25, 0.3) is 0 Å². The average molecular weight is 214 g/mol. The third-order valence-corrected chi connectivity index (χ3v) is 3.87. The summed E-state index contributed by atoms with van der Waals surface area (Å²) in [7, 11) is 0. The lowest BCUT2D eigenvalue weighted by molar-refractivity contribution is -0.187. The van der Waals surface area contributed by atoms with E-state index in [-0.39, 0.29) is 17.6 Å². The first-order valence-corrected chi connectivity index (χ1v) is 6.09. The minimum Gasteiger partial charge on any atom is -0.392 e. The first kappa shape index (κ1) is 13.0. The predicted octanol–water partition coefficient (Wildman–Crippen LogP) is 2.99. The lowest BCUT2D eigenvalue weighted by Crippen LogP contribution is -2.56. The lowest BCUT2D eigenvalue weighted by atomic mass is 9.63. The molecule has 0 amide bonds. The molecule has 1 fully saturated rings. The third-order valence-electron chi connectivity index (χ3n) is 3.87. The van der Waals surface area contributed by atoms with Crippen LogP contribution in [-0.2, 0) is 4.74 Å². The van der Waals surface area contributed by atoms with Crippen molar-refractivity contribution in [2.45, 2.75) is 66.1 Å². The third kappa shape index (κ3) is 2.94.